The topological polar surface area (TPSA) is 78.6 Å². The lowest BCUT2D eigenvalue weighted by Gasteiger charge is -2.45. The van der Waals surface area contributed by atoms with E-state index in [4.69, 9.17) is 13.9 Å². The molecule has 3 aliphatic rings. The van der Waals surface area contributed by atoms with Crippen LogP contribution < -0.4 is 9.47 Å². The van der Waals surface area contributed by atoms with Crippen molar-refractivity contribution in [3.63, 3.8) is 0 Å². The minimum atomic E-state index is -0.717. The number of carbonyl (C=O) groups is 1. The first-order chi connectivity index (χ1) is 17.2. The van der Waals surface area contributed by atoms with Crippen molar-refractivity contribution in [1.29, 1.82) is 0 Å². The number of allylic oxidation sites excluding steroid dienone is 1. The fraction of sp³-hybridized carbons (Fsp3) is 0.536. The molecule has 8 nitrogen and oxygen atoms in total. The van der Waals surface area contributed by atoms with Crippen LogP contribution in [-0.4, -0.2) is 65.2 Å². The summed E-state index contributed by atoms with van der Waals surface area (Å²) >= 11 is 0. The molecule has 2 aromatic rings. The predicted octanol–water partition coefficient (Wildman–Crippen LogP) is 4.70. The van der Waals surface area contributed by atoms with Crippen molar-refractivity contribution in [2.24, 2.45) is 0 Å². The molecule has 0 radical (unpaired) electrons. The van der Waals surface area contributed by atoms with Crippen LogP contribution in [0.25, 0.3) is 0 Å². The normalized spacial score (nSPS) is 22.2. The number of aliphatic hydroxyl groups excluding tert-OH is 1. The van der Waals surface area contributed by atoms with Crippen molar-refractivity contribution >= 4 is 6.03 Å². The standard InChI is InChI=1S/C28H37N3O5/c1-7-31-27(33)30-16-20-14-21(34-5)15-23(35-6)25(20)17(2)12-24(30)28(31)8-10-29(11-9-28)26(32)22-13-18(3)36-19(22)4/h12-15,17,26,32H,7-11,16H2,1-6H3. The van der Waals surface area contributed by atoms with E-state index in [0.29, 0.717) is 26.2 Å². The Morgan fingerprint density at radius 3 is 2.47 bits per heavy atom. The fourth-order valence-electron chi connectivity index (χ4n) is 6.51. The number of likely N-dealkylation sites (tertiary alicyclic amines) is 1. The second-order valence-corrected chi connectivity index (χ2v) is 10.2. The Labute approximate surface area is 213 Å². The van der Waals surface area contributed by atoms with Gasteiger partial charge in [-0.3, -0.25) is 9.80 Å². The third-order valence-electron chi connectivity index (χ3n) is 8.24. The molecule has 2 amide bonds. The van der Waals surface area contributed by atoms with Gasteiger partial charge in [-0.25, -0.2) is 4.79 Å². The molecule has 8 heteroatoms. The summed E-state index contributed by atoms with van der Waals surface area (Å²) in [6.07, 6.45) is 3.05. The van der Waals surface area contributed by atoms with Gasteiger partial charge in [0.25, 0.3) is 0 Å². The van der Waals surface area contributed by atoms with Gasteiger partial charge in [-0.2, -0.15) is 0 Å². The van der Waals surface area contributed by atoms with Crippen LogP contribution in [0, 0.1) is 13.8 Å². The van der Waals surface area contributed by atoms with E-state index < -0.39 is 11.8 Å². The van der Waals surface area contributed by atoms with Gasteiger partial charge in [0, 0.05) is 48.4 Å². The molecule has 2 atom stereocenters. The van der Waals surface area contributed by atoms with Crippen LogP contribution >= 0.6 is 0 Å². The summed E-state index contributed by atoms with van der Waals surface area (Å²) in [5, 5.41) is 11.1. The lowest BCUT2D eigenvalue weighted by atomic mass is 9.81. The number of methoxy groups -OCH3 is 2. The van der Waals surface area contributed by atoms with E-state index in [1.807, 2.05) is 41.8 Å². The summed E-state index contributed by atoms with van der Waals surface area (Å²) in [7, 11) is 3.32. The Morgan fingerprint density at radius 2 is 1.89 bits per heavy atom. The number of fused-ring (bicyclic) bond motifs is 3. The number of nitrogens with zero attached hydrogens (tertiary/aromatic N) is 3. The Morgan fingerprint density at radius 1 is 1.17 bits per heavy atom. The minimum Gasteiger partial charge on any atom is -0.497 e. The average molecular weight is 496 g/mol. The fourth-order valence-corrected chi connectivity index (χ4v) is 6.51. The molecule has 1 aromatic carbocycles. The quantitative estimate of drug-likeness (QED) is 0.648. The molecule has 194 valence electrons. The highest BCUT2D eigenvalue weighted by molar-refractivity contribution is 5.83. The second-order valence-electron chi connectivity index (χ2n) is 10.2. The van der Waals surface area contributed by atoms with Crippen molar-refractivity contribution in [2.45, 2.75) is 64.8 Å². The average Bonchev–Trinajstić information content (AvgIpc) is 3.24. The zero-order valence-electron chi connectivity index (χ0n) is 22.1. The number of carbonyl (C=O) groups excluding carboxylic acids is 1. The number of piperidine rings is 1. The molecule has 2 fully saturated rings. The first-order valence-corrected chi connectivity index (χ1v) is 12.8. The summed E-state index contributed by atoms with van der Waals surface area (Å²) in [6, 6.07) is 5.90. The van der Waals surface area contributed by atoms with Gasteiger partial charge in [-0.1, -0.05) is 13.0 Å². The van der Waals surface area contributed by atoms with Crippen molar-refractivity contribution in [1.82, 2.24) is 14.7 Å². The number of hydrogen-bond acceptors (Lipinski definition) is 6. The highest BCUT2D eigenvalue weighted by Gasteiger charge is 2.55. The molecule has 5 rings (SSSR count). The van der Waals surface area contributed by atoms with Gasteiger partial charge in [-0.15, -0.1) is 0 Å². The molecule has 36 heavy (non-hydrogen) atoms. The first kappa shape index (κ1) is 24.7. The maximum Gasteiger partial charge on any atom is 0.325 e. The van der Waals surface area contributed by atoms with Gasteiger partial charge in [-0.05, 0) is 51.3 Å². The molecule has 4 heterocycles. The van der Waals surface area contributed by atoms with Gasteiger partial charge >= 0.3 is 6.03 Å². The summed E-state index contributed by atoms with van der Waals surface area (Å²) in [5.74, 6) is 3.13. The van der Waals surface area contributed by atoms with Crippen molar-refractivity contribution in [3.8, 4) is 11.5 Å². The van der Waals surface area contributed by atoms with Crippen LogP contribution in [0.2, 0.25) is 0 Å². The number of urea groups is 1. The van der Waals surface area contributed by atoms with Crippen LogP contribution in [0.15, 0.2) is 34.4 Å². The molecule has 2 unspecified atom stereocenters. The maximum atomic E-state index is 13.8. The number of aryl methyl sites for hydroxylation is 2. The predicted molar refractivity (Wildman–Crippen MR) is 136 cm³/mol. The Kier molecular flexibility index (Phi) is 6.29. The Hall–Kier alpha value is -2.97. The van der Waals surface area contributed by atoms with Gasteiger partial charge in [0.1, 0.15) is 29.2 Å². The zero-order valence-corrected chi connectivity index (χ0v) is 22.1. The van der Waals surface area contributed by atoms with E-state index in [1.54, 1.807) is 14.2 Å². The monoisotopic (exact) mass is 495 g/mol. The van der Waals surface area contributed by atoms with Gasteiger partial charge in [0.15, 0.2) is 0 Å². The molecule has 1 N–H and O–H groups in total. The summed E-state index contributed by atoms with van der Waals surface area (Å²) in [4.78, 5) is 19.8. The number of benzene rings is 1. The number of likely N-dealkylation sites (N-methyl/N-ethyl adjacent to an activating group) is 1. The zero-order chi connectivity index (χ0) is 25.8. The molecule has 3 aliphatic heterocycles. The summed E-state index contributed by atoms with van der Waals surface area (Å²) in [5.41, 5.74) is 3.65. The molecular formula is C28H37N3O5. The smallest absolute Gasteiger partial charge is 0.325 e. The van der Waals surface area contributed by atoms with E-state index in [0.717, 1.165) is 58.2 Å². The number of ether oxygens (including phenoxy) is 2. The SMILES string of the molecule is CCN1C(=O)N2Cc3cc(OC)cc(OC)c3C(C)C=C2C12CCN(C(O)c1cc(C)oc1C)CC2. The lowest BCUT2D eigenvalue weighted by molar-refractivity contribution is -0.0337. The van der Waals surface area contributed by atoms with Crippen molar-refractivity contribution in [3.05, 3.63) is 58.2 Å². The molecule has 1 spiro atoms. The Bertz CT molecular complexity index is 1190. The number of rotatable bonds is 5. The van der Waals surface area contributed by atoms with Crippen LogP contribution in [0.5, 0.6) is 11.5 Å². The summed E-state index contributed by atoms with van der Waals surface area (Å²) < 4.78 is 16.9. The highest BCUT2D eigenvalue weighted by Crippen LogP contribution is 2.49. The van der Waals surface area contributed by atoms with Gasteiger partial charge in [0.2, 0.25) is 0 Å². The second kappa shape index (κ2) is 9.16. The molecule has 0 aliphatic carbocycles. The van der Waals surface area contributed by atoms with E-state index in [1.165, 1.54) is 0 Å². The lowest BCUT2D eigenvalue weighted by Crippen LogP contribution is -2.54. The molecule has 1 aromatic heterocycles. The first-order valence-electron chi connectivity index (χ1n) is 12.8. The molecule has 0 saturated carbocycles. The third kappa shape index (κ3) is 3.69. The summed E-state index contributed by atoms with van der Waals surface area (Å²) in [6.45, 7) is 10.5. The van der Waals surface area contributed by atoms with E-state index in [-0.39, 0.29) is 11.9 Å². The maximum absolute atomic E-state index is 13.8. The highest BCUT2D eigenvalue weighted by atomic mass is 16.5. The number of furan rings is 1. The Balaban J connectivity index is 1.48. The van der Waals surface area contributed by atoms with Crippen LogP contribution in [0.4, 0.5) is 4.79 Å². The van der Waals surface area contributed by atoms with Crippen LogP contribution in [0.1, 0.15) is 67.0 Å². The van der Waals surface area contributed by atoms with Gasteiger partial charge < -0.3 is 23.9 Å². The molecule has 2 saturated heterocycles. The molecular weight excluding hydrogens is 458 g/mol. The van der Waals surface area contributed by atoms with E-state index >= 15 is 0 Å². The van der Waals surface area contributed by atoms with Crippen LogP contribution in [-0.2, 0) is 6.54 Å². The van der Waals surface area contributed by atoms with Crippen molar-refractivity contribution < 1.29 is 23.8 Å². The largest absolute Gasteiger partial charge is 0.497 e. The third-order valence-corrected chi connectivity index (χ3v) is 8.24. The van der Waals surface area contributed by atoms with Crippen LogP contribution in [0.3, 0.4) is 0 Å². The number of aliphatic hydroxyl groups is 1. The number of amides is 2. The van der Waals surface area contributed by atoms with E-state index in [9.17, 15) is 9.90 Å². The van der Waals surface area contributed by atoms with Gasteiger partial charge in [0.05, 0.1) is 26.3 Å². The number of hydrogen-bond donors (Lipinski definition) is 1. The van der Waals surface area contributed by atoms with Crippen molar-refractivity contribution in [2.75, 3.05) is 33.9 Å². The molecule has 0 bridgehead atoms. The van der Waals surface area contributed by atoms with E-state index in [2.05, 4.69) is 24.8 Å². The minimum absolute atomic E-state index is 0.0425.